The summed E-state index contributed by atoms with van der Waals surface area (Å²) in [7, 11) is 1.55. The first-order chi connectivity index (χ1) is 13.9. The lowest BCUT2D eigenvalue weighted by molar-refractivity contribution is 0.0959. The van der Waals surface area contributed by atoms with Crippen molar-refractivity contribution in [2.75, 3.05) is 19.1 Å². The minimum absolute atomic E-state index is 0.253. The van der Waals surface area contributed by atoms with E-state index < -0.39 is 18.4 Å². The first kappa shape index (κ1) is 20.4. The van der Waals surface area contributed by atoms with Gasteiger partial charge in [0.25, 0.3) is 5.91 Å². The number of halogens is 2. The number of carbonyl (C=O) groups excluding carboxylic acids is 1. The molecule has 3 rings (SSSR count). The van der Waals surface area contributed by atoms with Gasteiger partial charge in [0.2, 0.25) is 0 Å². The van der Waals surface area contributed by atoms with Crippen LogP contribution in [-0.4, -0.2) is 29.7 Å². The van der Waals surface area contributed by atoms with Crippen molar-refractivity contribution in [2.45, 2.75) is 25.8 Å². The van der Waals surface area contributed by atoms with Gasteiger partial charge in [-0.3, -0.25) is 9.78 Å². The molecule has 1 aliphatic heterocycles. The number of alkyl halides is 1. The fourth-order valence-electron chi connectivity index (χ4n) is 3.00. The molecule has 0 unspecified atom stereocenters. The van der Waals surface area contributed by atoms with Crippen molar-refractivity contribution in [3.63, 3.8) is 0 Å². The van der Waals surface area contributed by atoms with E-state index >= 15 is 0 Å². The van der Waals surface area contributed by atoms with E-state index in [9.17, 15) is 13.6 Å². The van der Waals surface area contributed by atoms with Gasteiger partial charge in [0.1, 0.15) is 24.1 Å². The Hall–Kier alpha value is -3.29. The fraction of sp³-hybridized carbons (Fsp3) is 0.286. The van der Waals surface area contributed by atoms with Gasteiger partial charge in [-0.15, -0.1) is 0 Å². The van der Waals surface area contributed by atoms with Gasteiger partial charge in [-0.1, -0.05) is 19.1 Å². The molecule has 0 bridgehead atoms. The zero-order chi connectivity index (χ0) is 21.0. The minimum Gasteiger partial charge on any atom is -0.495 e. The molecule has 0 saturated heterocycles. The van der Waals surface area contributed by atoms with Crippen LogP contribution in [0, 0.1) is 0 Å². The predicted octanol–water partition coefficient (Wildman–Crippen LogP) is 4.52. The molecule has 1 aliphatic rings. The Bertz CT molecular complexity index is 958. The maximum Gasteiger partial charge on any atom is 0.255 e. The summed E-state index contributed by atoms with van der Waals surface area (Å²) in [4.78, 5) is 21.2. The molecule has 1 amide bonds. The third-order valence-corrected chi connectivity index (χ3v) is 4.62. The van der Waals surface area contributed by atoms with Crippen molar-refractivity contribution in [3.05, 3.63) is 65.4 Å². The van der Waals surface area contributed by atoms with Gasteiger partial charge < -0.3 is 15.4 Å². The van der Waals surface area contributed by atoms with E-state index in [0.29, 0.717) is 34.2 Å². The molecule has 152 valence electrons. The Morgan fingerprint density at radius 1 is 1.45 bits per heavy atom. The van der Waals surface area contributed by atoms with E-state index in [2.05, 4.69) is 20.6 Å². The monoisotopic (exact) mass is 400 g/mol. The highest BCUT2D eigenvalue weighted by molar-refractivity contribution is 6.04. The highest BCUT2D eigenvalue weighted by atomic mass is 19.1. The number of carbonyl (C=O) groups is 1. The van der Waals surface area contributed by atoms with Crippen molar-refractivity contribution in [1.29, 1.82) is 0 Å². The molecular formula is C21H22F2N4O2. The normalized spacial score (nSPS) is 17.2. The van der Waals surface area contributed by atoms with Gasteiger partial charge >= 0.3 is 0 Å². The van der Waals surface area contributed by atoms with E-state index in [-0.39, 0.29) is 11.9 Å². The van der Waals surface area contributed by atoms with Gasteiger partial charge in [-0.25, -0.2) is 13.8 Å². The van der Waals surface area contributed by atoms with Crippen molar-refractivity contribution in [1.82, 2.24) is 15.3 Å². The average Bonchev–Trinajstić information content (AvgIpc) is 3.01. The lowest BCUT2D eigenvalue weighted by atomic mass is 10.0. The van der Waals surface area contributed by atoms with E-state index in [1.54, 1.807) is 38.4 Å². The molecule has 2 atom stereocenters. The lowest BCUT2D eigenvalue weighted by Gasteiger charge is -2.15. The van der Waals surface area contributed by atoms with E-state index in [0.717, 1.165) is 0 Å². The molecule has 29 heavy (non-hydrogen) atoms. The van der Waals surface area contributed by atoms with Gasteiger partial charge in [-0.2, -0.15) is 0 Å². The summed E-state index contributed by atoms with van der Waals surface area (Å²) in [6.45, 7) is 2.81. The minimum atomic E-state index is -0.670. The number of hydrogen-bond donors (Lipinski definition) is 2. The number of methoxy groups -OCH3 is 1. The maximum atomic E-state index is 14.5. The van der Waals surface area contributed by atoms with Crippen LogP contribution in [0.4, 0.5) is 20.3 Å². The fourth-order valence-corrected chi connectivity index (χ4v) is 3.00. The molecule has 0 aromatic carbocycles. The SMILES string of the molecule is COc1ccc(Nc2cc([C@@H](C)/C(F)=C\C=C/CF)nc3c2C(=O)N[C@@H]3C)nc1. The Labute approximate surface area is 167 Å². The number of hydrogen-bond acceptors (Lipinski definition) is 5. The van der Waals surface area contributed by atoms with Crippen LogP contribution in [0.25, 0.3) is 0 Å². The molecule has 0 saturated carbocycles. The first-order valence-corrected chi connectivity index (χ1v) is 9.15. The molecule has 0 radical (unpaired) electrons. The van der Waals surface area contributed by atoms with Gasteiger partial charge in [0, 0.05) is 0 Å². The van der Waals surface area contributed by atoms with E-state index in [4.69, 9.17) is 4.74 Å². The van der Waals surface area contributed by atoms with Gasteiger partial charge in [0.05, 0.1) is 47.9 Å². The summed E-state index contributed by atoms with van der Waals surface area (Å²) in [5.41, 5.74) is 1.89. The van der Waals surface area contributed by atoms with Crippen LogP contribution in [-0.2, 0) is 0 Å². The third-order valence-electron chi connectivity index (χ3n) is 4.62. The molecule has 3 heterocycles. The summed E-state index contributed by atoms with van der Waals surface area (Å²) < 4.78 is 31.8. The zero-order valence-electron chi connectivity index (χ0n) is 16.4. The predicted molar refractivity (Wildman–Crippen MR) is 107 cm³/mol. The summed E-state index contributed by atoms with van der Waals surface area (Å²) >= 11 is 0. The molecule has 0 fully saturated rings. The average molecular weight is 400 g/mol. The molecule has 2 aromatic rings. The second-order valence-electron chi connectivity index (χ2n) is 6.61. The smallest absolute Gasteiger partial charge is 0.255 e. The second kappa shape index (κ2) is 8.81. The molecule has 0 aliphatic carbocycles. The Morgan fingerprint density at radius 2 is 2.24 bits per heavy atom. The Kier molecular flexibility index (Phi) is 6.21. The van der Waals surface area contributed by atoms with Crippen molar-refractivity contribution in [3.8, 4) is 5.75 Å². The Balaban J connectivity index is 2.00. The number of fused-ring (bicyclic) bond motifs is 1. The standard InChI is InChI=1S/C21H22F2N4O2/c1-12(15(23)6-4-5-9-22)16-10-17(19-20(27-16)13(2)25-21(19)28)26-18-8-7-14(29-3)11-24-18/h4-8,10-13H,9H2,1-3H3,(H,25,28)(H,24,26,27)/b5-4-,15-6+/t12-,13+/m0/s1. The zero-order valence-corrected chi connectivity index (χ0v) is 16.4. The number of allylic oxidation sites excluding steroid dienone is 4. The summed E-state index contributed by atoms with van der Waals surface area (Å²) in [6, 6.07) is 4.79. The number of amides is 1. The third kappa shape index (κ3) is 4.42. The number of pyridine rings is 2. The number of anilines is 2. The number of aromatic nitrogens is 2. The van der Waals surface area contributed by atoms with Crippen molar-refractivity contribution in [2.24, 2.45) is 0 Å². The van der Waals surface area contributed by atoms with Crippen LogP contribution in [0.5, 0.6) is 5.75 Å². The molecular weight excluding hydrogens is 378 g/mol. The molecule has 8 heteroatoms. The number of nitrogens with zero attached hydrogens (tertiary/aromatic N) is 2. The van der Waals surface area contributed by atoms with Crippen LogP contribution in [0.1, 0.15) is 47.6 Å². The number of ether oxygens (including phenoxy) is 1. The van der Waals surface area contributed by atoms with Crippen LogP contribution >= 0.6 is 0 Å². The molecule has 2 aromatic heterocycles. The summed E-state index contributed by atoms with van der Waals surface area (Å²) in [5.74, 6) is -0.272. The maximum absolute atomic E-state index is 14.5. The van der Waals surface area contributed by atoms with Crippen molar-refractivity contribution >= 4 is 17.4 Å². The van der Waals surface area contributed by atoms with E-state index in [1.807, 2.05) is 6.92 Å². The molecule has 0 spiro atoms. The Morgan fingerprint density at radius 3 is 2.90 bits per heavy atom. The summed E-state index contributed by atoms with van der Waals surface area (Å²) in [5, 5.41) is 5.94. The highest BCUT2D eigenvalue weighted by Crippen LogP contribution is 2.35. The summed E-state index contributed by atoms with van der Waals surface area (Å²) in [6.07, 6.45) is 5.31. The van der Waals surface area contributed by atoms with Crippen LogP contribution in [0.15, 0.2) is 48.5 Å². The topological polar surface area (TPSA) is 76.1 Å². The van der Waals surface area contributed by atoms with E-state index in [1.165, 1.54) is 18.2 Å². The molecule has 2 N–H and O–H groups in total. The molecule has 6 nitrogen and oxygen atoms in total. The highest BCUT2D eigenvalue weighted by Gasteiger charge is 2.32. The van der Waals surface area contributed by atoms with Crippen LogP contribution in [0.3, 0.4) is 0 Å². The van der Waals surface area contributed by atoms with Gasteiger partial charge in [-0.05, 0) is 31.2 Å². The second-order valence-corrected chi connectivity index (χ2v) is 6.61. The van der Waals surface area contributed by atoms with Crippen LogP contribution in [0.2, 0.25) is 0 Å². The largest absolute Gasteiger partial charge is 0.495 e. The number of nitrogens with one attached hydrogen (secondary N) is 2. The van der Waals surface area contributed by atoms with Gasteiger partial charge in [0.15, 0.2) is 0 Å². The van der Waals surface area contributed by atoms with Crippen molar-refractivity contribution < 1.29 is 18.3 Å². The quantitative estimate of drug-likeness (QED) is 0.669. The van der Waals surface area contributed by atoms with Crippen LogP contribution < -0.4 is 15.4 Å². The first-order valence-electron chi connectivity index (χ1n) is 9.15. The lowest BCUT2D eigenvalue weighted by Crippen LogP contribution is -2.16. The number of rotatable bonds is 7.